The summed E-state index contributed by atoms with van der Waals surface area (Å²) in [4.78, 5) is 8.72. The first-order chi connectivity index (χ1) is 8.36. The van der Waals surface area contributed by atoms with Gasteiger partial charge in [0.2, 0.25) is 0 Å². The highest BCUT2D eigenvalue weighted by molar-refractivity contribution is 5.78. The standard InChI is InChI=1S/C14H17N3/c1-3-8-15-12(4-2)11-6-5-7-13-14(11)17-10-9-16-13/h4-7,9-10,12,15H,2-3,8H2,1H3. The largest absolute Gasteiger partial charge is 0.307 e. The van der Waals surface area contributed by atoms with E-state index in [0.29, 0.717) is 0 Å². The van der Waals surface area contributed by atoms with Crippen molar-refractivity contribution in [1.82, 2.24) is 15.3 Å². The molecule has 2 aromatic rings. The maximum atomic E-state index is 4.41. The SMILES string of the molecule is C=CC(NCCC)c1cccc2nccnc12. The predicted molar refractivity (Wildman–Crippen MR) is 70.8 cm³/mol. The van der Waals surface area contributed by atoms with Crippen LogP contribution >= 0.6 is 0 Å². The molecule has 3 nitrogen and oxygen atoms in total. The molecule has 0 aliphatic heterocycles. The van der Waals surface area contributed by atoms with Crippen LogP contribution in [0.5, 0.6) is 0 Å². The zero-order valence-electron chi connectivity index (χ0n) is 10.1. The highest BCUT2D eigenvalue weighted by Crippen LogP contribution is 2.21. The number of rotatable bonds is 5. The van der Waals surface area contributed by atoms with Crippen LogP contribution in [0.1, 0.15) is 24.9 Å². The molecule has 0 saturated carbocycles. The fraction of sp³-hybridized carbons (Fsp3) is 0.286. The Morgan fingerprint density at radius 1 is 1.35 bits per heavy atom. The van der Waals surface area contributed by atoms with E-state index < -0.39 is 0 Å². The van der Waals surface area contributed by atoms with Crippen LogP contribution in [0, 0.1) is 0 Å². The maximum absolute atomic E-state index is 4.41. The van der Waals surface area contributed by atoms with Gasteiger partial charge in [0.25, 0.3) is 0 Å². The lowest BCUT2D eigenvalue weighted by Gasteiger charge is -2.15. The molecule has 0 saturated heterocycles. The van der Waals surface area contributed by atoms with Crippen molar-refractivity contribution in [3.05, 3.63) is 48.8 Å². The van der Waals surface area contributed by atoms with Crippen LogP contribution in [-0.2, 0) is 0 Å². The fourth-order valence-electron chi connectivity index (χ4n) is 1.89. The van der Waals surface area contributed by atoms with Gasteiger partial charge in [0.1, 0.15) is 0 Å². The average Bonchev–Trinajstić information content (AvgIpc) is 2.40. The second kappa shape index (κ2) is 5.55. The van der Waals surface area contributed by atoms with Crippen molar-refractivity contribution in [3.8, 4) is 0 Å². The molecule has 1 N–H and O–H groups in total. The van der Waals surface area contributed by atoms with E-state index in [-0.39, 0.29) is 6.04 Å². The lowest BCUT2D eigenvalue weighted by atomic mass is 10.0. The molecule has 0 spiro atoms. The number of fused-ring (bicyclic) bond motifs is 1. The summed E-state index contributed by atoms with van der Waals surface area (Å²) < 4.78 is 0. The van der Waals surface area contributed by atoms with Gasteiger partial charge >= 0.3 is 0 Å². The molecule has 0 amide bonds. The molecule has 1 aromatic carbocycles. The zero-order chi connectivity index (χ0) is 12.1. The van der Waals surface area contributed by atoms with Gasteiger partial charge in [-0.3, -0.25) is 9.97 Å². The second-order valence-electron chi connectivity index (χ2n) is 3.94. The van der Waals surface area contributed by atoms with Gasteiger partial charge in [-0.2, -0.15) is 0 Å². The van der Waals surface area contributed by atoms with Crippen LogP contribution in [-0.4, -0.2) is 16.5 Å². The van der Waals surface area contributed by atoms with Crippen molar-refractivity contribution in [2.45, 2.75) is 19.4 Å². The number of para-hydroxylation sites is 1. The Bertz CT molecular complexity index is 502. The molecular formula is C14H17N3. The van der Waals surface area contributed by atoms with Crippen LogP contribution in [0.2, 0.25) is 0 Å². The number of benzene rings is 1. The van der Waals surface area contributed by atoms with Gasteiger partial charge in [0.15, 0.2) is 0 Å². The third-order valence-corrected chi connectivity index (χ3v) is 2.71. The third-order valence-electron chi connectivity index (χ3n) is 2.71. The van der Waals surface area contributed by atoms with Gasteiger partial charge in [0.05, 0.1) is 17.1 Å². The molecule has 88 valence electrons. The number of nitrogens with zero attached hydrogens (tertiary/aromatic N) is 2. The Kier molecular flexibility index (Phi) is 3.83. The highest BCUT2D eigenvalue weighted by atomic mass is 14.9. The van der Waals surface area contributed by atoms with Crippen LogP contribution in [0.25, 0.3) is 11.0 Å². The van der Waals surface area contributed by atoms with Crippen LogP contribution in [0.15, 0.2) is 43.2 Å². The van der Waals surface area contributed by atoms with E-state index in [0.717, 1.165) is 29.6 Å². The summed E-state index contributed by atoms with van der Waals surface area (Å²) >= 11 is 0. The van der Waals surface area contributed by atoms with Gasteiger partial charge in [-0.05, 0) is 19.0 Å². The lowest BCUT2D eigenvalue weighted by molar-refractivity contribution is 0.616. The molecule has 1 unspecified atom stereocenters. The lowest BCUT2D eigenvalue weighted by Crippen LogP contribution is -2.20. The number of hydrogen-bond donors (Lipinski definition) is 1. The molecule has 1 atom stereocenters. The Hall–Kier alpha value is -1.74. The first-order valence-corrected chi connectivity index (χ1v) is 5.92. The van der Waals surface area contributed by atoms with Crippen molar-refractivity contribution < 1.29 is 0 Å². The summed E-state index contributed by atoms with van der Waals surface area (Å²) in [5.74, 6) is 0. The molecule has 2 rings (SSSR count). The molecule has 1 aromatic heterocycles. The molecule has 1 heterocycles. The van der Waals surface area contributed by atoms with Crippen LogP contribution in [0.3, 0.4) is 0 Å². The van der Waals surface area contributed by atoms with E-state index in [2.05, 4.69) is 34.9 Å². The fourth-order valence-corrected chi connectivity index (χ4v) is 1.89. The van der Waals surface area contributed by atoms with E-state index in [1.807, 2.05) is 18.2 Å². The molecule has 17 heavy (non-hydrogen) atoms. The summed E-state index contributed by atoms with van der Waals surface area (Å²) in [6.07, 6.45) is 6.46. The Balaban J connectivity index is 2.42. The second-order valence-corrected chi connectivity index (χ2v) is 3.94. The van der Waals surface area contributed by atoms with Crippen molar-refractivity contribution in [2.75, 3.05) is 6.54 Å². The average molecular weight is 227 g/mol. The van der Waals surface area contributed by atoms with Gasteiger partial charge in [-0.25, -0.2) is 0 Å². The minimum absolute atomic E-state index is 0.135. The Morgan fingerprint density at radius 3 is 2.94 bits per heavy atom. The van der Waals surface area contributed by atoms with Crippen LogP contribution in [0.4, 0.5) is 0 Å². The first-order valence-electron chi connectivity index (χ1n) is 5.92. The van der Waals surface area contributed by atoms with Gasteiger partial charge in [-0.1, -0.05) is 25.1 Å². The highest BCUT2D eigenvalue weighted by Gasteiger charge is 2.10. The normalized spacial score (nSPS) is 12.5. The minimum atomic E-state index is 0.135. The summed E-state index contributed by atoms with van der Waals surface area (Å²) in [6.45, 7) is 7.00. The van der Waals surface area contributed by atoms with Crippen LogP contribution < -0.4 is 5.32 Å². The molecule has 3 heteroatoms. The monoisotopic (exact) mass is 227 g/mol. The maximum Gasteiger partial charge on any atom is 0.0937 e. The topological polar surface area (TPSA) is 37.8 Å². The van der Waals surface area contributed by atoms with Gasteiger partial charge in [-0.15, -0.1) is 6.58 Å². The van der Waals surface area contributed by atoms with E-state index >= 15 is 0 Å². The quantitative estimate of drug-likeness (QED) is 0.798. The number of aromatic nitrogens is 2. The van der Waals surface area contributed by atoms with Crippen molar-refractivity contribution in [2.24, 2.45) is 0 Å². The number of nitrogens with one attached hydrogen (secondary N) is 1. The van der Waals surface area contributed by atoms with E-state index in [4.69, 9.17) is 0 Å². The summed E-state index contributed by atoms with van der Waals surface area (Å²) in [5, 5.41) is 3.44. The molecule has 0 aliphatic carbocycles. The van der Waals surface area contributed by atoms with Crippen molar-refractivity contribution in [3.63, 3.8) is 0 Å². The molecule has 0 aliphatic rings. The Morgan fingerprint density at radius 2 is 2.18 bits per heavy atom. The molecule has 0 bridgehead atoms. The zero-order valence-corrected chi connectivity index (χ0v) is 10.1. The van der Waals surface area contributed by atoms with Gasteiger partial charge < -0.3 is 5.32 Å². The smallest absolute Gasteiger partial charge is 0.0937 e. The number of hydrogen-bond acceptors (Lipinski definition) is 3. The van der Waals surface area contributed by atoms with Crippen molar-refractivity contribution in [1.29, 1.82) is 0 Å². The van der Waals surface area contributed by atoms with E-state index in [9.17, 15) is 0 Å². The third kappa shape index (κ3) is 2.50. The molecule has 0 radical (unpaired) electrons. The van der Waals surface area contributed by atoms with E-state index in [1.165, 1.54) is 0 Å². The molecular weight excluding hydrogens is 210 g/mol. The predicted octanol–water partition coefficient (Wildman–Crippen LogP) is 2.86. The molecule has 0 fully saturated rings. The summed E-state index contributed by atoms with van der Waals surface area (Å²) in [6, 6.07) is 6.20. The van der Waals surface area contributed by atoms with Gasteiger partial charge in [0, 0.05) is 18.0 Å². The minimum Gasteiger partial charge on any atom is -0.307 e. The van der Waals surface area contributed by atoms with E-state index in [1.54, 1.807) is 12.4 Å². The summed E-state index contributed by atoms with van der Waals surface area (Å²) in [7, 11) is 0. The van der Waals surface area contributed by atoms with Crippen molar-refractivity contribution >= 4 is 11.0 Å². The summed E-state index contributed by atoms with van der Waals surface area (Å²) in [5.41, 5.74) is 3.01. The Labute approximate surface area is 102 Å². The first kappa shape index (κ1) is 11.7.